The highest BCUT2D eigenvalue weighted by Crippen LogP contribution is 2.24. The molecule has 0 aliphatic carbocycles. The summed E-state index contributed by atoms with van der Waals surface area (Å²) in [4.78, 5) is 0. The Labute approximate surface area is 130 Å². The van der Waals surface area contributed by atoms with Crippen molar-refractivity contribution >= 4 is 31.9 Å². The Kier molecular flexibility index (Phi) is 4.48. The van der Waals surface area contributed by atoms with Crippen LogP contribution >= 0.6 is 31.9 Å². The summed E-state index contributed by atoms with van der Waals surface area (Å²) >= 11 is 7.01. The maximum absolute atomic E-state index is 4.58. The average molecular weight is 387 g/mol. The number of nitrogens with one attached hydrogen (secondary N) is 1. The molecule has 0 radical (unpaired) electrons. The smallest absolute Gasteiger partial charge is 0.0788 e. The first kappa shape index (κ1) is 14.8. The zero-order valence-corrected chi connectivity index (χ0v) is 14.4. The molecule has 2 rings (SSSR count). The van der Waals surface area contributed by atoms with Crippen molar-refractivity contribution in [2.45, 2.75) is 32.9 Å². The number of hydrogen-bond acceptors (Lipinski definition) is 2. The second-order valence-electron chi connectivity index (χ2n) is 5.45. The van der Waals surface area contributed by atoms with Crippen LogP contribution < -0.4 is 5.32 Å². The summed E-state index contributed by atoms with van der Waals surface area (Å²) in [6.45, 7) is 7.21. The van der Waals surface area contributed by atoms with Gasteiger partial charge in [-0.2, -0.15) is 5.10 Å². The maximum atomic E-state index is 4.58. The van der Waals surface area contributed by atoms with Crippen LogP contribution in [-0.2, 0) is 6.54 Å². The molecule has 1 aromatic heterocycles. The Morgan fingerprint density at radius 1 is 1.21 bits per heavy atom. The van der Waals surface area contributed by atoms with Crippen molar-refractivity contribution in [1.29, 1.82) is 0 Å². The number of aromatic nitrogens is 2. The lowest BCUT2D eigenvalue weighted by atomic mass is 10.1. The van der Waals surface area contributed by atoms with Crippen LogP contribution in [0.15, 0.2) is 39.4 Å². The highest BCUT2D eigenvalue weighted by Gasteiger charge is 2.10. The van der Waals surface area contributed by atoms with Gasteiger partial charge >= 0.3 is 0 Å². The maximum Gasteiger partial charge on any atom is 0.0788 e. The Hall–Kier alpha value is -0.650. The van der Waals surface area contributed by atoms with E-state index in [2.05, 4.69) is 63.0 Å². The quantitative estimate of drug-likeness (QED) is 0.852. The Balaban J connectivity index is 2.16. The van der Waals surface area contributed by atoms with Crippen LogP contribution in [-0.4, -0.2) is 15.3 Å². The van der Waals surface area contributed by atoms with Crippen LogP contribution in [0.5, 0.6) is 0 Å². The molecule has 0 spiro atoms. The monoisotopic (exact) mass is 385 g/mol. The molecule has 0 saturated carbocycles. The summed E-state index contributed by atoms with van der Waals surface area (Å²) in [5.74, 6) is 0. The standard InChI is InChI=1S/C14H17Br2N3/c1-14(2,3)17-9-11-6-7-19(18-11)13-5-4-10(15)8-12(13)16/h4-8,17H,9H2,1-3H3. The van der Waals surface area contributed by atoms with E-state index in [-0.39, 0.29) is 5.54 Å². The van der Waals surface area contributed by atoms with E-state index in [1.54, 1.807) is 0 Å². The highest BCUT2D eigenvalue weighted by atomic mass is 79.9. The van der Waals surface area contributed by atoms with Gasteiger partial charge in [-0.3, -0.25) is 0 Å². The van der Waals surface area contributed by atoms with Crippen LogP contribution in [0, 0.1) is 0 Å². The largest absolute Gasteiger partial charge is 0.306 e. The normalized spacial score (nSPS) is 11.8. The third-order valence-electron chi connectivity index (χ3n) is 2.60. The van der Waals surface area contributed by atoms with Gasteiger partial charge in [0.15, 0.2) is 0 Å². The van der Waals surface area contributed by atoms with E-state index >= 15 is 0 Å². The first-order chi connectivity index (χ1) is 8.85. The molecule has 1 aromatic carbocycles. The molecule has 1 N–H and O–H groups in total. The van der Waals surface area contributed by atoms with Crippen LogP contribution in [0.3, 0.4) is 0 Å². The zero-order valence-electron chi connectivity index (χ0n) is 11.2. The van der Waals surface area contributed by atoms with Gasteiger partial charge in [0, 0.05) is 27.2 Å². The van der Waals surface area contributed by atoms with Crippen LogP contribution in [0.2, 0.25) is 0 Å². The van der Waals surface area contributed by atoms with Gasteiger partial charge in [0.2, 0.25) is 0 Å². The predicted octanol–water partition coefficient (Wildman–Crippen LogP) is 4.29. The fourth-order valence-electron chi connectivity index (χ4n) is 1.61. The number of benzene rings is 1. The van der Waals surface area contributed by atoms with Crippen molar-refractivity contribution in [3.05, 3.63) is 45.1 Å². The molecule has 0 aliphatic heterocycles. The number of nitrogens with zero attached hydrogens (tertiary/aromatic N) is 2. The number of rotatable bonds is 3. The van der Waals surface area contributed by atoms with Gasteiger partial charge in [-0.05, 0) is 61.0 Å². The Morgan fingerprint density at radius 2 is 1.95 bits per heavy atom. The number of hydrogen-bond donors (Lipinski definition) is 1. The van der Waals surface area contributed by atoms with Gasteiger partial charge in [-0.1, -0.05) is 15.9 Å². The number of halogens is 2. The summed E-state index contributed by atoms with van der Waals surface area (Å²) in [6.07, 6.45) is 1.98. The molecule has 0 aliphatic rings. The minimum atomic E-state index is 0.0992. The lowest BCUT2D eigenvalue weighted by molar-refractivity contribution is 0.420. The molecule has 0 amide bonds. The highest BCUT2D eigenvalue weighted by molar-refractivity contribution is 9.11. The van der Waals surface area contributed by atoms with Crippen molar-refractivity contribution in [3.63, 3.8) is 0 Å². The fraction of sp³-hybridized carbons (Fsp3) is 0.357. The van der Waals surface area contributed by atoms with E-state index in [1.807, 2.05) is 35.1 Å². The molecule has 5 heteroatoms. The predicted molar refractivity (Wildman–Crippen MR) is 85.6 cm³/mol. The van der Waals surface area contributed by atoms with Crippen molar-refractivity contribution in [2.75, 3.05) is 0 Å². The van der Waals surface area contributed by atoms with Crippen LogP contribution in [0.4, 0.5) is 0 Å². The van der Waals surface area contributed by atoms with Gasteiger partial charge < -0.3 is 5.32 Å². The lowest BCUT2D eigenvalue weighted by Crippen LogP contribution is -2.35. The summed E-state index contributed by atoms with van der Waals surface area (Å²) in [7, 11) is 0. The van der Waals surface area contributed by atoms with E-state index in [4.69, 9.17) is 0 Å². The van der Waals surface area contributed by atoms with E-state index in [0.29, 0.717) is 0 Å². The molecule has 3 nitrogen and oxygen atoms in total. The molecule has 0 fully saturated rings. The van der Waals surface area contributed by atoms with Gasteiger partial charge in [0.1, 0.15) is 0 Å². The summed E-state index contributed by atoms with van der Waals surface area (Å²) < 4.78 is 3.95. The molecule has 102 valence electrons. The molecule has 19 heavy (non-hydrogen) atoms. The van der Waals surface area contributed by atoms with Gasteiger partial charge in [0.25, 0.3) is 0 Å². The molecule has 1 heterocycles. The lowest BCUT2D eigenvalue weighted by Gasteiger charge is -2.19. The van der Waals surface area contributed by atoms with Crippen molar-refractivity contribution in [2.24, 2.45) is 0 Å². The first-order valence-electron chi connectivity index (χ1n) is 6.10. The molecule has 0 bridgehead atoms. The van der Waals surface area contributed by atoms with Crippen LogP contribution in [0.1, 0.15) is 26.5 Å². The second kappa shape index (κ2) is 5.77. The molecule has 0 saturated heterocycles. The van der Waals surface area contributed by atoms with E-state index < -0.39 is 0 Å². The minimum Gasteiger partial charge on any atom is -0.306 e. The zero-order chi connectivity index (χ0) is 14.0. The van der Waals surface area contributed by atoms with Crippen molar-refractivity contribution in [3.8, 4) is 5.69 Å². The topological polar surface area (TPSA) is 29.9 Å². The summed E-state index contributed by atoms with van der Waals surface area (Å²) in [6, 6.07) is 8.09. The molecule has 2 aromatic rings. The average Bonchev–Trinajstić information content (AvgIpc) is 2.74. The first-order valence-corrected chi connectivity index (χ1v) is 7.69. The third kappa shape index (κ3) is 4.16. The van der Waals surface area contributed by atoms with Gasteiger partial charge in [-0.15, -0.1) is 0 Å². The van der Waals surface area contributed by atoms with Gasteiger partial charge in [-0.25, -0.2) is 4.68 Å². The van der Waals surface area contributed by atoms with E-state index in [1.165, 1.54) is 0 Å². The summed E-state index contributed by atoms with van der Waals surface area (Å²) in [5.41, 5.74) is 2.16. The van der Waals surface area contributed by atoms with E-state index in [9.17, 15) is 0 Å². The second-order valence-corrected chi connectivity index (χ2v) is 7.22. The van der Waals surface area contributed by atoms with E-state index in [0.717, 1.165) is 26.9 Å². The third-order valence-corrected chi connectivity index (χ3v) is 3.73. The SMILES string of the molecule is CC(C)(C)NCc1ccn(-c2ccc(Br)cc2Br)n1. The molecular formula is C14H17Br2N3. The van der Waals surface area contributed by atoms with Crippen molar-refractivity contribution < 1.29 is 0 Å². The Bertz CT molecular complexity index is 570. The fourth-order valence-corrected chi connectivity index (χ4v) is 2.84. The van der Waals surface area contributed by atoms with Gasteiger partial charge in [0.05, 0.1) is 11.4 Å². The molecule has 0 unspecified atom stereocenters. The molecule has 0 atom stereocenters. The minimum absolute atomic E-state index is 0.0992. The molecular weight excluding hydrogens is 370 g/mol. The van der Waals surface area contributed by atoms with Crippen LogP contribution in [0.25, 0.3) is 5.69 Å². The Morgan fingerprint density at radius 3 is 2.58 bits per heavy atom. The summed E-state index contributed by atoms with van der Waals surface area (Å²) in [5, 5.41) is 8.01. The van der Waals surface area contributed by atoms with Crippen molar-refractivity contribution in [1.82, 2.24) is 15.1 Å².